The van der Waals surface area contributed by atoms with Gasteiger partial charge in [-0.05, 0) is 17.7 Å². The maximum Gasteiger partial charge on any atom is 0.337 e. The highest BCUT2D eigenvalue weighted by Gasteiger charge is 2.06. The van der Waals surface area contributed by atoms with Crippen molar-refractivity contribution in [2.24, 2.45) is 0 Å². The SMILES string of the molecule is COc1nc(N)n(Cc2ccc(Br)cc2)n1. The molecule has 0 bridgehead atoms. The molecule has 0 atom stereocenters. The fraction of sp³-hybridized carbons (Fsp3) is 0.200. The van der Waals surface area contributed by atoms with Crippen LogP contribution in [0.4, 0.5) is 5.95 Å². The van der Waals surface area contributed by atoms with Crippen LogP contribution in [-0.2, 0) is 6.54 Å². The van der Waals surface area contributed by atoms with Crippen LogP contribution < -0.4 is 10.5 Å². The highest BCUT2D eigenvalue weighted by molar-refractivity contribution is 9.10. The Labute approximate surface area is 101 Å². The number of hydrogen-bond acceptors (Lipinski definition) is 4. The Balaban J connectivity index is 2.19. The van der Waals surface area contributed by atoms with Gasteiger partial charge in [-0.1, -0.05) is 28.1 Å². The molecule has 2 N–H and O–H groups in total. The highest BCUT2D eigenvalue weighted by Crippen LogP contribution is 2.13. The molecule has 84 valence electrons. The molecule has 6 heteroatoms. The summed E-state index contributed by atoms with van der Waals surface area (Å²) in [6.45, 7) is 0.579. The van der Waals surface area contributed by atoms with Gasteiger partial charge in [0, 0.05) is 4.47 Å². The molecule has 0 aliphatic rings. The molecule has 0 spiro atoms. The fourth-order valence-corrected chi connectivity index (χ4v) is 1.56. The number of ether oxygens (including phenoxy) is 1. The van der Waals surface area contributed by atoms with Crippen LogP contribution in [0.3, 0.4) is 0 Å². The predicted octanol–water partition coefficient (Wildman–Crippen LogP) is 1.68. The molecule has 0 amide bonds. The molecule has 1 heterocycles. The summed E-state index contributed by atoms with van der Waals surface area (Å²) >= 11 is 3.38. The smallest absolute Gasteiger partial charge is 0.337 e. The lowest BCUT2D eigenvalue weighted by atomic mass is 10.2. The number of anilines is 1. The van der Waals surface area contributed by atoms with Gasteiger partial charge in [0.25, 0.3) is 0 Å². The van der Waals surface area contributed by atoms with Gasteiger partial charge in [0.05, 0.1) is 13.7 Å². The summed E-state index contributed by atoms with van der Waals surface area (Å²) in [6.07, 6.45) is 0. The van der Waals surface area contributed by atoms with Gasteiger partial charge in [0.15, 0.2) is 0 Å². The van der Waals surface area contributed by atoms with E-state index in [0.717, 1.165) is 10.0 Å². The molecule has 0 radical (unpaired) electrons. The van der Waals surface area contributed by atoms with Gasteiger partial charge in [0.1, 0.15) is 0 Å². The number of nitrogen functional groups attached to an aromatic ring is 1. The topological polar surface area (TPSA) is 66.0 Å². The van der Waals surface area contributed by atoms with Crippen molar-refractivity contribution >= 4 is 21.9 Å². The molecule has 0 aliphatic heterocycles. The minimum atomic E-state index is 0.287. The van der Waals surface area contributed by atoms with Crippen molar-refractivity contribution in [3.63, 3.8) is 0 Å². The number of hydrogen-bond donors (Lipinski definition) is 1. The number of nitrogens with two attached hydrogens (primary N) is 1. The van der Waals surface area contributed by atoms with E-state index < -0.39 is 0 Å². The molecular formula is C10H11BrN4O. The number of methoxy groups -OCH3 is 1. The van der Waals surface area contributed by atoms with E-state index in [0.29, 0.717) is 12.5 Å². The van der Waals surface area contributed by atoms with Crippen LogP contribution in [0.15, 0.2) is 28.7 Å². The number of halogens is 1. The average Bonchev–Trinajstić information content (AvgIpc) is 2.63. The first-order valence-corrected chi connectivity index (χ1v) is 5.47. The van der Waals surface area contributed by atoms with E-state index >= 15 is 0 Å². The highest BCUT2D eigenvalue weighted by atomic mass is 79.9. The van der Waals surface area contributed by atoms with Crippen molar-refractivity contribution in [1.82, 2.24) is 14.8 Å². The second-order valence-electron chi connectivity index (χ2n) is 3.24. The maximum absolute atomic E-state index is 5.69. The van der Waals surface area contributed by atoms with Gasteiger partial charge in [-0.15, -0.1) is 5.10 Å². The summed E-state index contributed by atoms with van der Waals surface area (Å²) in [5.74, 6) is 0.347. The van der Waals surface area contributed by atoms with Crippen LogP contribution in [-0.4, -0.2) is 21.9 Å². The zero-order chi connectivity index (χ0) is 11.5. The van der Waals surface area contributed by atoms with Crippen molar-refractivity contribution in [2.75, 3.05) is 12.8 Å². The van der Waals surface area contributed by atoms with E-state index in [1.165, 1.54) is 7.11 Å². The van der Waals surface area contributed by atoms with E-state index in [9.17, 15) is 0 Å². The van der Waals surface area contributed by atoms with E-state index in [2.05, 4.69) is 26.0 Å². The lowest BCUT2D eigenvalue weighted by Gasteiger charge is -2.02. The molecule has 0 saturated heterocycles. The van der Waals surface area contributed by atoms with E-state index in [1.54, 1.807) is 4.68 Å². The summed E-state index contributed by atoms with van der Waals surface area (Å²) in [6, 6.07) is 8.23. The Hall–Kier alpha value is -1.56. The van der Waals surface area contributed by atoms with Gasteiger partial charge >= 0.3 is 6.01 Å². The summed E-state index contributed by atoms with van der Waals surface area (Å²) in [7, 11) is 1.51. The van der Waals surface area contributed by atoms with Crippen molar-refractivity contribution in [2.45, 2.75) is 6.54 Å². The molecule has 0 aliphatic carbocycles. The molecular weight excluding hydrogens is 272 g/mol. The van der Waals surface area contributed by atoms with E-state index in [1.807, 2.05) is 24.3 Å². The molecule has 5 nitrogen and oxygen atoms in total. The number of rotatable bonds is 3. The Bertz CT molecular complexity index is 480. The Morgan fingerprint density at radius 1 is 1.38 bits per heavy atom. The van der Waals surface area contributed by atoms with Gasteiger partial charge in [-0.25, -0.2) is 4.68 Å². The molecule has 0 unspecified atom stereocenters. The van der Waals surface area contributed by atoms with Crippen LogP contribution in [0, 0.1) is 0 Å². The Morgan fingerprint density at radius 2 is 2.06 bits per heavy atom. The van der Waals surface area contributed by atoms with Crippen molar-refractivity contribution in [3.05, 3.63) is 34.3 Å². The molecule has 1 aromatic heterocycles. The Kier molecular flexibility index (Phi) is 3.09. The Morgan fingerprint density at radius 3 is 2.62 bits per heavy atom. The zero-order valence-corrected chi connectivity index (χ0v) is 10.3. The lowest BCUT2D eigenvalue weighted by Crippen LogP contribution is -2.06. The number of nitrogens with zero attached hydrogens (tertiary/aromatic N) is 3. The monoisotopic (exact) mass is 282 g/mol. The molecule has 0 fully saturated rings. The predicted molar refractivity (Wildman–Crippen MR) is 64.2 cm³/mol. The van der Waals surface area contributed by atoms with Gasteiger partial charge < -0.3 is 10.5 Å². The van der Waals surface area contributed by atoms with E-state index in [-0.39, 0.29) is 6.01 Å². The van der Waals surface area contributed by atoms with Gasteiger partial charge in [-0.2, -0.15) is 4.98 Å². The molecule has 1 aromatic carbocycles. The van der Waals surface area contributed by atoms with Crippen LogP contribution in [0.5, 0.6) is 6.01 Å². The second kappa shape index (κ2) is 4.52. The third kappa shape index (κ3) is 2.33. The van der Waals surface area contributed by atoms with Gasteiger partial charge in [0.2, 0.25) is 5.95 Å². The molecule has 2 rings (SSSR count). The van der Waals surface area contributed by atoms with Crippen molar-refractivity contribution in [1.29, 1.82) is 0 Å². The minimum Gasteiger partial charge on any atom is -0.466 e. The van der Waals surface area contributed by atoms with E-state index in [4.69, 9.17) is 10.5 Å². The van der Waals surface area contributed by atoms with Crippen molar-refractivity contribution < 1.29 is 4.74 Å². The summed E-state index contributed by atoms with van der Waals surface area (Å²) in [5.41, 5.74) is 6.79. The first-order chi connectivity index (χ1) is 7.69. The maximum atomic E-state index is 5.69. The quantitative estimate of drug-likeness (QED) is 0.930. The average molecular weight is 283 g/mol. The standard InChI is InChI=1S/C10H11BrN4O/c1-16-10-13-9(12)15(14-10)6-7-2-4-8(11)5-3-7/h2-5H,6H2,1H3,(H2,12,13,14). The minimum absolute atomic E-state index is 0.287. The molecule has 2 aromatic rings. The largest absolute Gasteiger partial charge is 0.466 e. The van der Waals surface area contributed by atoms with Gasteiger partial charge in [-0.3, -0.25) is 0 Å². The van der Waals surface area contributed by atoms with Crippen molar-refractivity contribution in [3.8, 4) is 6.01 Å². The summed E-state index contributed by atoms with van der Waals surface area (Å²) in [5, 5.41) is 4.09. The second-order valence-corrected chi connectivity index (χ2v) is 4.16. The fourth-order valence-electron chi connectivity index (χ4n) is 1.30. The first kappa shape index (κ1) is 10.9. The number of benzene rings is 1. The number of aromatic nitrogens is 3. The van der Waals surface area contributed by atoms with Crippen LogP contribution in [0.2, 0.25) is 0 Å². The summed E-state index contributed by atoms with van der Waals surface area (Å²) in [4.78, 5) is 3.94. The third-order valence-electron chi connectivity index (χ3n) is 2.11. The normalized spacial score (nSPS) is 10.4. The zero-order valence-electron chi connectivity index (χ0n) is 8.72. The van der Waals surface area contributed by atoms with Crippen LogP contribution in [0.1, 0.15) is 5.56 Å². The lowest BCUT2D eigenvalue weighted by molar-refractivity contribution is 0.377. The van der Waals surface area contributed by atoms with Crippen LogP contribution in [0.25, 0.3) is 0 Å². The molecule has 16 heavy (non-hydrogen) atoms. The molecule has 0 saturated carbocycles. The van der Waals surface area contributed by atoms with Crippen LogP contribution >= 0.6 is 15.9 Å². The summed E-state index contributed by atoms with van der Waals surface area (Å²) < 4.78 is 7.54. The third-order valence-corrected chi connectivity index (χ3v) is 2.64. The first-order valence-electron chi connectivity index (χ1n) is 4.68.